The van der Waals surface area contributed by atoms with E-state index in [1.54, 1.807) is 0 Å². The molecular weight excluding hydrogens is 240 g/mol. The fourth-order valence-corrected chi connectivity index (χ4v) is 1.79. The lowest BCUT2D eigenvalue weighted by molar-refractivity contribution is -0.125. The Morgan fingerprint density at radius 3 is 2.68 bits per heavy atom. The van der Waals surface area contributed by atoms with Gasteiger partial charge in [0.15, 0.2) is 0 Å². The minimum absolute atomic E-state index is 0.0394. The molecule has 19 heavy (non-hydrogen) atoms. The Hall–Kier alpha value is -1.58. The highest BCUT2D eigenvalue weighted by molar-refractivity contribution is 5.78. The van der Waals surface area contributed by atoms with E-state index in [1.165, 1.54) is 5.57 Å². The monoisotopic (exact) mass is 264 g/mol. The van der Waals surface area contributed by atoms with Crippen molar-refractivity contribution in [3.63, 3.8) is 0 Å². The first-order valence-corrected chi connectivity index (χ1v) is 7.02. The van der Waals surface area contributed by atoms with Crippen LogP contribution < -0.4 is 10.6 Å². The molecular formula is C15H24N2O2. The van der Waals surface area contributed by atoms with Crippen LogP contribution in [0, 0.1) is 5.92 Å². The molecule has 0 radical (unpaired) electrons. The molecule has 1 atom stereocenters. The summed E-state index contributed by atoms with van der Waals surface area (Å²) in [5, 5.41) is 5.63. The Balaban J connectivity index is 2.02. The second kappa shape index (κ2) is 8.51. The Bertz CT molecular complexity index is 372. The first-order valence-electron chi connectivity index (χ1n) is 7.02. The van der Waals surface area contributed by atoms with Crippen molar-refractivity contribution in [2.75, 3.05) is 13.1 Å². The predicted molar refractivity (Wildman–Crippen MR) is 76.5 cm³/mol. The molecule has 2 N–H and O–H groups in total. The van der Waals surface area contributed by atoms with Gasteiger partial charge in [-0.15, -0.1) is 0 Å². The van der Waals surface area contributed by atoms with E-state index in [4.69, 9.17) is 0 Å². The third-order valence-corrected chi connectivity index (χ3v) is 3.33. The van der Waals surface area contributed by atoms with E-state index >= 15 is 0 Å². The van der Waals surface area contributed by atoms with Crippen molar-refractivity contribution in [3.8, 4) is 0 Å². The lowest BCUT2D eigenvalue weighted by Crippen LogP contribution is -2.36. The van der Waals surface area contributed by atoms with Gasteiger partial charge in [0.05, 0.1) is 0 Å². The van der Waals surface area contributed by atoms with Gasteiger partial charge in [-0.05, 0) is 19.3 Å². The van der Waals surface area contributed by atoms with Crippen LogP contribution in [0.4, 0.5) is 0 Å². The number of carbonyl (C=O) groups is 2. The first kappa shape index (κ1) is 15.5. The van der Waals surface area contributed by atoms with Crippen LogP contribution >= 0.6 is 0 Å². The molecule has 0 saturated carbocycles. The number of nitrogens with one attached hydrogen (secondary N) is 2. The zero-order valence-corrected chi connectivity index (χ0v) is 11.9. The third kappa shape index (κ3) is 6.22. The number of hydrogen-bond donors (Lipinski definition) is 2. The zero-order valence-electron chi connectivity index (χ0n) is 11.9. The molecule has 0 aromatic carbocycles. The molecule has 1 aliphatic carbocycles. The van der Waals surface area contributed by atoms with Crippen molar-refractivity contribution in [3.05, 3.63) is 23.8 Å². The summed E-state index contributed by atoms with van der Waals surface area (Å²) in [5.74, 6) is 0.141. The number of carbonyl (C=O) groups excluding carboxylic acids is 2. The molecule has 2 amide bonds. The Morgan fingerprint density at radius 2 is 2.05 bits per heavy atom. The summed E-state index contributed by atoms with van der Waals surface area (Å²) >= 11 is 0. The van der Waals surface area contributed by atoms with E-state index in [9.17, 15) is 9.59 Å². The van der Waals surface area contributed by atoms with Gasteiger partial charge in [0, 0.05) is 25.4 Å². The van der Waals surface area contributed by atoms with Crippen molar-refractivity contribution in [2.45, 2.75) is 39.5 Å². The van der Waals surface area contributed by atoms with Crippen LogP contribution in [-0.2, 0) is 9.59 Å². The van der Waals surface area contributed by atoms with E-state index in [0.29, 0.717) is 19.5 Å². The van der Waals surface area contributed by atoms with Crippen molar-refractivity contribution >= 4 is 11.8 Å². The number of hydrogen-bond acceptors (Lipinski definition) is 2. The van der Waals surface area contributed by atoms with Crippen LogP contribution in [0.2, 0.25) is 0 Å². The largest absolute Gasteiger partial charge is 0.354 e. The molecule has 0 saturated heterocycles. The Labute approximate surface area is 115 Å². The van der Waals surface area contributed by atoms with Gasteiger partial charge in [-0.2, -0.15) is 0 Å². The SMILES string of the molecule is CCC(C)C(=O)NCCNC(=O)CCC1=CC=CC1. The molecule has 0 aromatic heterocycles. The van der Waals surface area contributed by atoms with Gasteiger partial charge in [0.25, 0.3) is 0 Å². The first-order chi connectivity index (χ1) is 9.13. The van der Waals surface area contributed by atoms with Crippen LogP contribution in [0.25, 0.3) is 0 Å². The fourth-order valence-electron chi connectivity index (χ4n) is 1.79. The van der Waals surface area contributed by atoms with Crippen LogP contribution in [0.1, 0.15) is 39.5 Å². The molecule has 0 heterocycles. The summed E-state index contributed by atoms with van der Waals surface area (Å²) in [7, 11) is 0. The van der Waals surface area contributed by atoms with Gasteiger partial charge in [-0.3, -0.25) is 9.59 Å². The number of allylic oxidation sites excluding steroid dienone is 4. The van der Waals surface area contributed by atoms with E-state index in [1.807, 2.05) is 19.9 Å². The van der Waals surface area contributed by atoms with Crippen LogP contribution in [0.15, 0.2) is 23.8 Å². The molecule has 4 nitrogen and oxygen atoms in total. The predicted octanol–water partition coefficient (Wildman–Crippen LogP) is 1.93. The number of rotatable bonds is 8. The lowest BCUT2D eigenvalue weighted by Gasteiger charge is -2.10. The van der Waals surface area contributed by atoms with E-state index in [0.717, 1.165) is 19.3 Å². The van der Waals surface area contributed by atoms with Crippen LogP contribution in [0.5, 0.6) is 0 Å². The maximum absolute atomic E-state index is 11.6. The smallest absolute Gasteiger partial charge is 0.222 e. The molecule has 1 rings (SSSR count). The molecule has 0 bridgehead atoms. The van der Waals surface area contributed by atoms with Gasteiger partial charge >= 0.3 is 0 Å². The average Bonchev–Trinajstić information content (AvgIpc) is 2.93. The minimum atomic E-state index is 0.0394. The summed E-state index contributed by atoms with van der Waals surface area (Å²) in [6.07, 6.45) is 9.33. The molecule has 0 fully saturated rings. The van der Waals surface area contributed by atoms with Crippen LogP contribution in [0.3, 0.4) is 0 Å². The quantitative estimate of drug-likeness (QED) is 0.658. The van der Waals surface area contributed by atoms with Crippen molar-refractivity contribution in [1.82, 2.24) is 10.6 Å². The number of amides is 2. The third-order valence-electron chi connectivity index (χ3n) is 3.33. The van der Waals surface area contributed by atoms with Gasteiger partial charge in [-0.25, -0.2) is 0 Å². The van der Waals surface area contributed by atoms with Gasteiger partial charge in [0.1, 0.15) is 0 Å². The Morgan fingerprint density at radius 1 is 1.32 bits per heavy atom. The highest BCUT2D eigenvalue weighted by atomic mass is 16.2. The second-order valence-electron chi connectivity index (χ2n) is 4.91. The van der Waals surface area contributed by atoms with E-state index in [-0.39, 0.29) is 17.7 Å². The standard InChI is InChI=1S/C15H24N2O2/c1-3-12(2)15(19)17-11-10-16-14(18)9-8-13-6-4-5-7-13/h4-6,12H,3,7-11H2,1-2H3,(H,16,18)(H,17,19). The van der Waals surface area contributed by atoms with Crippen molar-refractivity contribution in [1.29, 1.82) is 0 Å². The highest BCUT2D eigenvalue weighted by Crippen LogP contribution is 2.15. The normalized spacial score (nSPS) is 14.9. The molecule has 0 aliphatic heterocycles. The van der Waals surface area contributed by atoms with Gasteiger partial charge in [0.2, 0.25) is 11.8 Å². The van der Waals surface area contributed by atoms with Gasteiger partial charge < -0.3 is 10.6 Å². The maximum Gasteiger partial charge on any atom is 0.222 e. The second-order valence-corrected chi connectivity index (χ2v) is 4.91. The molecule has 1 aliphatic rings. The van der Waals surface area contributed by atoms with E-state index < -0.39 is 0 Å². The van der Waals surface area contributed by atoms with Crippen LogP contribution in [-0.4, -0.2) is 24.9 Å². The summed E-state index contributed by atoms with van der Waals surface area (Å²) in [6, 6.07) is 0. The molecule has 106 valence electrons. The summed E-state index contributed by atoms with van der Waals surface area (Å²) in [4.78, 5) is 23.0. The lowest BCUT2D eigenvalue weighted by atomic mass is 10.1. The topological polar surface area (TPSA) is 58.2 Å². The summed E-state index contributed by atoms with van der Waals surface area (Å²) in [5.41, 5.74) is 1.31. The molecule has 4 heteroatoms. The maximum atomic E-state index is 11.6. The highest BCUT2D eigenvalue weighted by Gasteiger charge is 2.09. The molecule has 0 aromatic rings. The average molecular weight is 264 g/mol. The van der Waals surface area contributed by atoms with Crippen molar-refractivity contribution < 1.29 is 9.59 Å². The Kier molecular flexibility index (Phi) is 6.93. The summed E-state index contributed by atoms with van der Waals surface area (Å²) < 4.78 is 0. The zero-order chi connectivity index (χ0) is 14.1. The molecule has 0 spiro atoms. The minimum Gasteiger partial charge on any atom is -0.354 e. The van der Waals surface area contributed by atoms with E-state index in [2.05, 4.69) is 22.8 Å². The molecule has 1 unspecified atom stereocenters. The fraction of sp³-hybridized carbons (Fsp3) is 0.600. The van der Waals surface area contributed by atoms with Crippen molar-refractivity contribution in [2.24, 2.45) is 5.92 Å². The summed E-state index contributed by atoms with van der Waals surface area (Å²) in [6.45, 7) is 4.88. The van der Waals surface area contributed by atoms with Gasteiger partial charge in [-0.1, -0.05) is 37.6 Å².